The first-order chi connectivity index (χ1) is 39.4. The summed E-state index contributed by atoms with van der Waals surface area (Å²) in [5.41, 5.74) is -2.58. The van der Waals surface area contributed by atoms with E-state index in [1.807, 2.05) is 6.92 Å². The van der Waals surface area contributed by atoms with Gasteiger partial charge in [0, 0.05) is 43.5 Å². The molecule has 4 aliphatic heterocycles. The Bertz CT molecular complexity index is 2410. The molecule has 4 aliphatic carbocycles. The summed E-state index contributed by atoms with van der Waals surface area (Å²) in [4.78, 5) is 41.8. The van der Waals surface area contributed by atoms with Gasteiger partial charge >= 0.3 is 11.9 Å². The number of benzene rings is 1. The van der Waals surface area contributed by atoms with Gasteiger partial charge in [-0.15, -0.1) is 0 Å². The summed E-state index contributed by atoms with van der Waals surface area (Å²) in [6, 6.07) is 8.53. The van der Waals surface area contributed by atoms with Gasteiger partial charge in [0.05, 0.1) is 48.8 Å². The van der Waals surface area contributed by atoms with Crippen LogP contribution in [0.1, 0.15) is 110 Å². The van der Waals surface area contributed by atoms with Gasteiger partial charge < -0.3 is 103 Å². The van der Waals surface area contributed by atoms with E-state index < -0.39 is 182 Å². The number of ketones is 1. The minimum Gasteiger partial charge on any atom is -0.455 e. The number of esters is 2. The van der Waals surface area contributed by atoms with E-state index in [4.69, 9.17) is 56.8 Å². The van der Waals surface area contributed by atoms with Gasteiger partial charge in [0.15, 0.2) is 25.2 Å². The molecule has 4 saturated carbocycles. The first-order valence-corrected chi connectivity index (χ1v) is 29.3. The summed E-state index contributed by atoms with van der Waals surface area (Å²) in [5.74, 6) is -2.82. The molecule has 4 saturated heterocycles. The molecule has 0 spiro atoms. The van der Waals surface area contributed by atoms with Gasteiger partial charge in [0.1, 0.15) is 91.2 Å². The van der Waals surface area contributed by atoms with Crippen molar-refractivity contribution in [1.82, 2.24) is 0 Å². The zero-order valence-electron chi connectivity index (χ0n) is 48.7. The van der Waals surface area contributed by atoms with E-state index in [9.17, 15) is 60.3 Å². The maximum Gasteiger partial charge on any atom is 0.338 e. The molecule has 83 heavy (non-hydrogen) atoms. The molecular weight excluding hydrogens is 1090 g/mol. The van der Waals surface area contributed by atoms with Gasteiger partial charge in [0.25, 0.3) is 0 Å². The summed E-state index contributed by atoms with van der Waals surface area (Å²) in [6.45, 7) is 10.8. The smallest absolute Gasteiger partial charge is 0.338 e. The lowest BCUT2D eigenvalue weighted by atomic mass is 9.41. The number of rotatable bonds is 17. The van der Waals surface area contributed by atoms with E-state index in [-0.39, 0.29) is 30.1 Å². The van der Waals surface area contributed by atoms with Crippen LogP contribution in [0.25, 0.3) is 0 Å². The number of hydrogen-bond acceptors (Lipinski definition) is 24. The largest absolute Gasteiger partial charge is 0.455 e. The molecule has 8 fully saturated rings. The Hall–Kier alpha value is -3.19. The summed E-state index contributed by atoms with van der Waals surface area (Å²) in [7, 11) is 2.86. The number of ether oxygens (including phenoxy) is 12. The molecule has 0 radical (unpaired) electrons. The highest BCUT2D eigenvalue weighted by molar-refractivity contribution is 5.90. The van der Waals surface area contributed by atoms with Gasteiger partial charge in [-0.25, -0.2) is 9.59 Å². The quantitative estimate of drug-likeness (QED) is 0.0590. The number of aliphatic hydroxyl groups excluding tert-OH is 8. The number of carbonyl (C=O) groups excluding carboxylic acids is 3. The van der Waals surface area contributed by atoms with Crippen LogP contribution in [-0.2, 0) is 66.4 Å². The molecule has 9 N–H and O–H groups in total. The number of methoxy groups -OCH3 is 2. The average molecular weight is 1180 g/mol. The first kappa shape index (κ1) is 64.3. The monoisotopic (exact) mass is 1180 g/mol. The van der Waals surface area contributed by atoms with E-state index >= 15 is 0 Å². The average Bonchev–Trinajstić information content (AvgIpc) is 1.71. The van der Waals surface area contributed by atoms with Crippen LogP contribution >= 0.6 is 0 Å². The van der Waals surface area contributed by atoms with E-state index in [1.165, 1.54) is 21.1 Å². The second-order valence-electron chi connectivity index (χ2n) is 24.8. The van der Waals surface area contributed by atoms with Crippen molar-refractivity contribution in [2.75, 3.05) is 27.4 Å². The molecule has 0 aromatic heterocycles. The lowest BCUT2D eigenvalue weighted by molar-refractivity contribution is -0.384. The Labute approximate surface area is 483 Å². The third kappa shape index (κ3) is 11.8. The van der Waals surface area contributed by atoms with Gasteiger partial charge in [0.2, 0.25) is 0 Å². The second-order valence-corrected chi connectivity index (χ2v) is 24.8. The molecule has 8 aliphatic rings. The molecule has 29 atom stereocenters. The van der Waals surface area contributed by atoms with Crippen LogP contribution in [-0.4, -0.2) is 232 Å². The lowest BCUT2D eigenvalue weighted by Gasteiger charge is -2.66. The Balaban J connectivity index is 0.852. The minimum atomic E-state index is -1.87. The highest BCUT2D eigenvalue weighted by Crippen LogP contribution is 2.70. The van der Waals surface area contributed by atoms with E-state index in [0.717, 1.165) is 6.42 Å². The predicted octanol–water partition coefficient (Wildman–Crippen LogP) is 0.723. The maximum atomic E-state index is 14.2. The molecule has 1 aromatic carbocycles. The minimum absolute atomic E-state index is 0.0174. The van der Waals surface area contributed by atoms with Gasteiger partial charge in [-0.1, -0.05) is 38.1 Å². The summed E-state index contributed by atoms with van der Waals surface area (Å²) < 4.78 is 74.0. The van der Waals surface area contributed by atoms with Crippen LogP contribution in [0.4, 0.5) is 0 Å². The van der Waals surface area contributed by atoms with Crippen molar-refractivity contribution >= 4 is 17.7 Å². The summed E-state index contributed by atoms with van der Waals surface area (Å²) >= 11 is 0. The van der Waals surface area contributed by atoms with Crippen LogP contribution in [0.5, 0.6) is 0 Å². The molecule has 1 aromatic rings. The third-order valence-corrected chi connectivity index (χ3v) is 20.4. The molecule has 0 bridgehead atoms. The normalized spacial score (nSPS) is 48.3. The van der Waals surface area contributed by atoms with Gasteiger partial charge in [-0.05, 0) is 109 Å². The third-order valence-electron chi connectivity index (χ3n) is 20.4. The summed E-state index contributed by atoms with van der Waals surface area (Å²) in [5, 5.41) is 98.6. The van der Waals surface area contributed by atoms with E-state index in [1.54, 1.807) is 64.1 Å². The van der Waals surface area contributed by atoms with Crippen LogP contribution in [0.15, 0.2) is 42.0 Å². The zero-order chi connectivity index (χ0) is 60.2. The molecule has 4 heterocycles. The summed E-state index contributed by atoms with van der Waals surface area (Å²) in [6.07, 6.45) is -22.4. The molecule has 0 amide bonds. The molecule has 468 valence electrons. The number of hydrogen-bond donors (Lipinski definition) is 9. The van der Waals surface area contributed by atoms with Crippen molar-refractivity contribution in [3.05, 3.63) is 47.5 Å². The molecule has 9 rings (SSSR count). The van der Waals surface area contributed by atoms with E-state index in [0.29, 0.717) is 49.7 Å². The van der Waals surface area contributed by atoms with Gasteiger partial charge in [-0.2, -0.15) is 0 Å². The number of carbonyl (C=O) groups is 3. The van der Waals surface area contributed by atoms with Gasteiger partial charge in [-0.3, -0.25) is 4.79 Å². The fourth-order valence-electron chi connectivity index (χ4n) is 15.7. The number of aliphatic hydroxyl groups is 9. The zero-order valence-corrected chi connectivity index (χ0v) is 48.7. The highest BCUT2D eigenvalue weighted by atomic mass is 16.8. The topological polar surface area (TPSA) is 344 Å². The SMILES string of the molecule is C/C=C(\C)C(=O)O[C@H]1[C@H]2[C@@H](CC[C@H]3C[C@@H](O[C@H]4C[C@@H](OC)[C@H](O[C@@H]5OC(C)[C@@H](O[C@@H]6OC(CO)[C@@H](O[C@@H]7OC(CO)[C@@H](O)[C@H](O)C7O)[C@H](O)C6O)[C@H](OC)C5O)C(C)O4)CC[C@@]32C)[C@@]2(O)CC[C@H](C(C)=O)[C@@]2(C)[C@@H]1OC(=O)c1ccccc1. The fraction of sp³-hybridized carbons (Fsp3) is 0.814. The number of allylic oxidation sites excluding steroid dienone is 1. The van der Waals surface area contributed by atoms with Crippen LogP contribution in [0, 0.1) is 34.5 Å². The Morgan fingerprint density at radius 1 is 0.651 bits per heavy atom. The highest BCUT2D eigenvalue weighted by Gasteiger charge is 2.76. The lowest BCUT2D eigenvalue weighted by Crippen LogP contribution is -2.73. The fourth-order valence-corrected chi connectivity index (χ4v) is 15.7. The molecule has 24 heteroatoms. The van der Waals surface area contributed by atoms with Crippen molar-refractivity contribution in [3.63, 3.8) is 0 Å². The van der Waals surface area contributed by atoms with Crippen molar-refractivity contribution in [1.29, 1.82) is 0 Å². The van der Waals surface area contributed by atoms with Crippen molar-refractivity contribution < 1.29 is 117 Å². The standard InChI is InChI=1S/C59H88O24/c1-10-26(2)52(69)79-49-39-34(59(71)21-19-33(27(3)62)58(59,7)51(49)83-53(70)30-14-12-11-13-15-30)17-16-31-22-32(18-20-57(31,39)6)76-38-23-35(72-8)46(28(4)74-38)80-56-45(68)50(73-9)47(29(5)75-56)81-55-44(67)42(65)48(37(25-61)78-55)82-54-43(66)41(64)40(63)36(24-60)77-54/h10-15,28-29,31-51,54-56,60-61,63-68,71H,16-25H2,1-9H3/b26-10+/t28?,29?,31-,32-,33+,34+,35+,36?,37?,38-,39+,40+,41-,42+,43?,44?,45?,46+,47+,48+,49-,50+,51+,54-,55-,56-,57-,58-,59-/m0/s1. The Morgan fingerprint density at radius 3 is 1.92 bits per heavy atom. The maximum absolute atomic E-state index is 14.2. The van der Waals surface area contributed by atoms with Crippen molar-refractivity contribution in [2.24, 2.45) is 34.5 Å². The Kier molecular flexibility index (Phi) is 20.0. The number of Topliss-reactive ketones (excluding diaryl/α,β-unsaturated/α-hetero) is 1. The second kappa shape index (κ2) is 25.9. The van der Waals surface area contributed by atoms with E-state index in [2.05, 4.69) is 6.92 Å². The van der Waals surface area contributed by atoms with Crippen molar-refractivity contribution in [3.8, 4) is 0 Å². The predicted molar refractivity (Wildman–Crippen MR) is 285 cm³/mol. The molecule has 7 unspecified atom stereocenters. The van der Waals surface area contributed by atoms with Crippen molar-refractivity contribution in [2.45, 2.75) is 240 Å². The first-order valence-electron chi connectivity index (χ1n) is 29.3. The van der Waals surface area contributed by atoms with Crippen LogP contribution in [0.3, 0.4) is 0 Å². The Morgan fingerprint density at radius 2 is 1.28 bits per heavy atom. The van der Waals surface area contributed by atoms with Crippen LogP contribution in [0.2, 0.25) is 0 Å². The number of fused-ring (bicyclic) bond motifs is 5. The molecular formula is C59H88O24. The van der Waals surface area contributed by atoms with Crippen LogP contribution < -0.4 is 0 Å². The molecule has 24 nitrogen and oxygen atoms in total.